The first-order chi connectivity index (χ1) is 9.16. The van der Waals surface area contributed by atoms with Crippen molar-refractivity contribution < 1.29 is 14.7 Å². The van der Waals surface area contributed by atoms with Crippen molar-refractivity contribution in [2.45, 2.75) is 6.54 Å². The number of hydrogen-bond donors (Lipinski definition) is 2. The van der Waals surface area contributed by atoms with Crippen molar-refractivity contribution in [1.82, 2.24) is 10.3 Å². The fraction of sp³-hybridized carbons (Fsp3) is 0.0714. The molecular weight excluding hydrogens is 244 g/mol. The first kappa shape index (κ1) is 12.8. The number of carboxylic acid groups (broad SMARTS) is 1. The number of hydrogen-bond acceptors (Lipinski definition) is 3. The molecule has 2 rings (SSSR count). The van der Waals surface area contributed by atoms with Gasteiger partial charge in [-0.1, -0.05) is 0 Å². The molecule has 0 saturated heterocycles. The standard InChI is InChI=1S/C14H12N2O3/c17-13(16-9-10-5-7-15-8-6-10)11-1-3-12(4-2-11)14(18)19/h1-8H,9H2,(H,16,17)(H,18,19). The Morgan fingerprint density at radius 1 is 1.00 bits per heavy atom. The second-order valence-electron chi connectivity index (χ2n) is 3.92. The molecule has 0 unspecified atom stereocenters. The summed E-state index contributed by atoms with van der Waals surface area (Å²) in [5, 5.41) is 11.5. The van der Waals surface area contributed by atoms with Crippen molar-refractivity contribution in [2.75, 3.05) is 0 Å². The van der Waals surface area contributed by atoms with Crippen LogP contribution in [0.25, 0.3) is 0 Å². The number of amides is 1. The third kappa shape index (κ3) is 3.38. The lowest BCUT2D eigenvalue weighted by Crippen LogP contribution is -2.22. The molecular formula is C14H12N2O3. The number of carbonyl (C=O) groups excluding carboxylic acids is 1. The Bertz CT molecular complexity index is 579. The van der Waals surface area contributed by atoms with E-state index in [0.717, 1.165) is 5.56 Å². The Morgan fingerprint density at radius 2 is 1.58 bits per heavy atom. The van der Waals surface area contributed by atoms with Gasteiger partial charge in [-0.15, -0.1) is 0 Å². The van der Waals surface area contributed by atoms with Gasteiger partial charge in [-0.25, -0.2) is 4.79 Å². The maximum absolute atomic E-state index is 11.8. The van der Waals surface area contributed by atoms with Gasteiger partial charge < -0.3 is 10.4 Å². The number of rotatable bonds is 4. The van der Waals surface area contributed by atoms with E-state index < -0.39 is 5.97 Å². The predicted molar refractivity (Wildman–Crippen MR) is 68.8 cm³/mol. The van der Waals surface area contributed by atoms with Gasteiger partial charge in [0.1, 0.15) is 0 Å². The summed E-state index contributed by atoms with van der Waals surface area (Å²) in [4.78, 5) is 26.4. The number of aromatic nitrogens is 1. The van der Waals surface area contributed by atoms with Crippen molar-refractivity contribution in [1.29, 1.82) is 0 Å². The molecule has 5 heteroatoms. The molecule has 2 aromatic rings. The van der Waals surface area contributed by atoms with Gasteiger partial charge in [0.15, 0.2) is 0 Å². The summed E-state index contributed by atoms with van der Waals surface area (Å²) in [5.41, 5.74) is 1.54. The average molecular weight is 256 g/mol. The maximum Gasteiger partial charge on any atom is 0.335 e. The fourth-order valence-corrected chi connectivity index (χ4v) is 1.55. The smallest absolute Gasteiger partial charge is 0.335 e. The lowest BCUT2D eigenvalue weighted by molar-refractivity contribution is 0.0696. The quantitative estimate of drug-likeness (QED) is 0.872. The largest absolute Gasteiger partial charge is 0.478 e. The van der Waals surface area contributed by atoms with Crippen LogP contribution in [0.1, 0.15) is 26.3 Å². The van der Waals surface area contributed by atoms with E-state index in [1.54, 1.807) is 12.4 Å². The molecule has 1 aromatic heterocycles. The molecule has 1 amide bonds. The summed E-state index contributed by atoms with van der Waals surface area (Å²) < 4.78 is 0. The van der Waals surface area contributed by atoms with E-state index in [1.807, 2.05) is 12.1 Å². The summed E-state index contributed by atoms with van der Waals surface area (Å²) in [6, 6.07) is 9.42. The highest BCUT2D eigenvalue weighted by atomic mass is 16.4. The van der Waals surface area contributed by atoms with Crippen LogP contribution in [0.5, 0.6) is 0 Å². The molecule has 19 heavy (non-hydrogen) atoms. The van der Waals surface area contributed by atoms with Gasteiger partial charge in [0.2, 0.25) is 0 Å². The number of benzene rings is 1. The van der Waals surface area contributed by atoms with Crippen LogP contribution in [0, 0.1) is 0 Å². The Hall–Kier alpha value is -2.69. The molecule has 96 valence electrons. The molecule has 0 saturated carbocycles. The van der Waals surface area contributed by atoms with E-state index in [9.17, 15) is 9.59 Å². The molecule has 0 spiro atoms. The monoisotopic (exact) mass is 256 g/mol. The van der Waals surface area contributed by atoms with Crippen LogP contribution >= 0.6 is 0 Å². The van der Waals surface area contributed by atoms with Crippen LogP contribution < -0.4 is 5.32 Å². The van der Waals surface area contributed by atoms with E-state index in [1.165, 1.54) is 24.3 Å². The molecule has 0 aliphatic carbocycles. The van der Waals surface area contributed by atoms with Gasteiger partial charge in [-0.2, -0.15) is 0 Å². The van der Waals surface area contributed by atoms with E-state index in [4.69, 9.17) is 5.11 Å². The highest BCUT2D eigenvalue weighted by Gasteiger charge is 2.07. The lowest BCUT2D eigenvalue weighted by Gasteiger charge is -2.05. The van der Waals surface area contributed by atoms with Crippen LogP contribution in [-0.4, -0.2) is 22.0 Å². The van der Waals surface area contributed by atoms with Crippen molar-refractivity contribution >= 4 is 11.9 Å². The maximum atomic E-state index is 11.8. The number of nitrogens with one attached hydrogen (secondary N) is 1. The number of pyridine rings is 1. The zero-order valence-corrected chi connectivity index (χ0v) is 10.0. The predicted octanol–water partition coefficient (Wildman–Crippen LogP) is 1.71. The minimum atomic E-state index is -1.01. The van der Waals surface area contributed by atoms with E-state index >= 15 is 0 Å². The molecule has 2 N–H and O–H groups in total. The van der Waals surface area contributed by atoms with Crippen LogP contribution in [-0.2, 0) is 6.54 Å². The van der Waals surface area contributed by atoms with Crippen LogP contribution in [0.15, 0.2) is 48.8 Å². The van der Waals surface area contributed by atoms with Gasteiger partial charge in [0.25, 0.3) is 5.91 Å². The SMILES string of the molecule is O=C(O)c1ccc(C(=O)NCc2ccncc2)cc1. The second-order valence-corrected chi connectivity index (χ2v) is 3.92. The van der Waals surface area contributed by atoms with Gasteiger partial charge in [0, 0.05) is 24.5 Å². The molecule has 1 aromatic carbocycles. The molecule has 0 fully saturated rings. The second kappa shape index (κ2) is 5.77. The Labute approximate surface area is 109 Å². The Balaban J connectivity index is 1.98. The van der Waals surface area contributed by atoms with Crippen LogP contribution in [0.2, 0.25) is 0 Å². The topological polar surface area (TPSA) is 79.3 Å². The summed E-state index contributed by atoms with van der Waals surface area (Å²) >= 11 is 0. The first-order valence-electron chi connectivity index (χ1n) is 5.67. The number of carbonyl (C=O) groups is 2. The molecule has 0 aliphatic rings. The zero-order valence-electron chi connectivity index (χ0n) is 10.0. The summed E-state index contributed by atoms with van der Waals surface area (Å²) in [5.74, 6) is -1.25. The van der Waals surface area contributed by atoms with Crippen molar-refractivity contribution in [3.8, 4) is 0 Å². The molecule has 0 radical (unpaired) electrons. The van der Waals surface area contributed by atoms with Crippen molar-refractivity contribution in [2.24, 2.45) is 0 Å². The minimum absolute atomic E-state index is 0.158. The van der Waals surface area contributed by atoms with Crippen molar-refractivity contribution in [3.05, 3.63) is 65.5 Å². The lowest BCUT2D eigenvalue weighted by atomic mass is 10.1. The summed E-state index contributed by atoms with van der Waals surface area (Å²) in [7, 11) is 0. The van der Waals surface area contributed by atoms with Crippen LogP contribution in [0.4, 0.5) is 0 Å². The van der Waals surface area contributed by atoms with Gasteiger partial charge in [-0.3, -0.25) is 9.78 Å². The van der Waals surface area contributed by atoms with Crippen molar-refractivity contribution in [3.63, 3.8) is 0 Å². The van der Waals surface area contributed by atoms with E-state index in [2.05, 4.69) is 10.3 Å². The number of nitrogens with zero attached hydrogens (tertiary/aromatic N) is 1. The van der Waals surface area contributed by atoms with E-state index in [-0.39, 0.29) is 11.5 Å². The summed E-state index contributed by atoms with van der Waals surface area (Å²) in [6.07, 6.45) is 3.31. The number of carboxylic acids is 1. The highest BCUT2D eigenvalue weighted by Crippen LogP contribution is 2.05. The molecule has 0 atom stereocenters. The highest BCUT2D eigenvalue weighted by molar-refractivity contribution is 5.95. The average Bonchev–Trinajstić information content (AvgIpc) is 2.46. The Kier molecular flexibility index (Phi) is 3.87. The Morgan fingerprint density at radius 3 is 2.16 bits per heavy atom. The fourth-order valence-electron chi connectivity index (χ4n) is 1.55. The van der Waals surface area contributed by atoms with Gasteiger partial charge in [0.05, 0.1) is 5.56 Å². The zero-order chi connectivity index (χ0) is 13.7. The molecule has 0 bridgehead atoms. The molecule has 5 nitrogen and oxygen atoms in total. The van der Waals surface area contributed by atoms with Gasteiger partial charge in [-0.05, 0) is 42.0 Å². The molecule has 0 aliphatic heterocycles. The third-order valence-electron chi connectivity index (χ3n) is 2.60. The van der Waals surface area contributed by atoms with Gasteiger partial charge >= 0.3 is 5.97 Å². The minimum Gasteiger partial charge on any atom is -0.478 e. The number of aromatic carboxylic acids is 1. The summed E-state index contributed by atoms with van der Waals surface area (Å²) in [6.45, 7) is 0.405. The van der Waals surface area contributed by atoms with E-state index in [0.29, 0.717) is 12.1 Å². The normalized spacial score (nSPS) is 9.89. The van der Waals surface area contributed by atoms with Crippen LogP contribution in [0.3, 0.4) is 0 Å². The molecule has 1 heterocycles. The third-order valence-corrected chi connectivity index (χ3v) is 2.60. The first-order valence-corrected chi connectivity index (χ1v) is 5.67.